The molecule has 10 atom stereocenters. The minimum absolute atomic E-state index is 0.00195. The third-order valence-electron chi connectivity index (χ3n) is 17.7. The van der Waals surface area contributed by atoms with Gasteiger partial charge in [0.1, 0.15) is 23.2 Å². The van der Waals surface area contributed by atoms with Crippen molar-refractivity contribution in [2.75, 3.05) is 12.8 Å². The van der Waals surface area contributed by atoms with Crippen LogP contribution in [-0.2, 0) is 9.53 Å². The summed E-state index contributed by atoms with van der Waals surface area (Å²) < 4.78 is 6.73. The molecule has 8 rings (SSSR count). The van der Waals surface area contributed by atoms with E-state index in [0.29, 0.717) is 42.4 Å². The predicted octanol–water partition coefficient (Wildman–Crippen LogP) is 10.5. The highest BCUT2D eigenvalue weighted by Gasteiger charge is 2.71. The molecule has 5 aliphatic rings. The minimum Gasteiger partial charge on any atom is -0.462 e. The summed E-state index contributed by atoms with van der Waals surface area (Å²) in [6.07, 6.45) is 11.9. The van der Waals surface area contributed by atoms with Gasteiger partial charge in [-0.15, -0.1) is 0 Å². The average molecular weight is 746 g/mol. The van der Waals surface area contributed by atoms with Crippen molar-refractivity contribution in [3.63, 3.8) is 0 Å². The second-order valence-electron chi connectivity index (χ2n) is 20.1. The van der Waals surface area contributed by atoms with Crippen LogP contribution in [0, 0.1) is 56.7 Å². The maximum Gasteiger partial charge on any atom is 0.345 e. The molecule has 5 aliphatic carbocycles. The molecule has 0 radical (unpaired) electrons. The third-order valence-corrected chi connectivity index (χ3v) is 22.0. The van der Waals surface area contributed by atoms with Gasteiger partial charge in [0, 0.05) is 5.41 Å². The molecule has 0 bridgehead atoms. The zero-order chi connectivity index (χ0) is 38.1. The molecule has 1 N–H and O–H groups in total. The van der Waals surface area contributed by atoms with E-state index in [0.717, 1.165) is 32.1 Å². The van der Waals surface area contributed by atoms with Gasteiger partial charge in [0.05, 0.1) is 12.7 Å². The topological polar surface area (TPSA) is 46.5 Å². The number of ether oxygens (including phenoxy) is 1. The Morgan fingerprint density at radius 3 is 1.83 bits per heavy atom. The van der Waals surface area contributed by atoms with E-state index in [1.807, 2.05) is 0 Å². The Labute approximate surface area is 327 Å². The van der Waals surface area contributed by atoms with Crippen LogP contribution in [0.2, 0.25) is 0 Å². The number of carbonyl (C=O) groups is 1. The second kappa shape index (κ2) is 13.7. The number of aliphatic hydroxyl groups is 1. The lowest BCUT2D eigenvalue weighted by atomic mass is 9.32. The summed E-state index contributed by atoms with van der Waals surface area (Å²) >= 11 is 0. The molecule has 0 unspecified atom stereocenters. The Morgan fingerprint density at radius 2 is 1.28 bits per heavy atom. The van der Waals surface area contributed by atoms with Crippen LogP contribution in [-0.4, -0.2) is 29.9 Å². The molecule has 0 aliphatic heterocycles. The van der Waals surface area contributed by atoms with Gasteiger partial charge in [0.2, 0.25) is 0 Å². The molecule has 0 spiro atoms. The van der Waals surface area contributed by atoms with Crippen LogP contribution >= 0.6 is 7.26 Å². The van der Waals surface area contributed by atoms with Crippen LogP contribution in [0.4, 0.5) is 0 Å². The zero-order valence-corrected chi connectivity index (χ0v) is 34.9. The van der Waals surface area contributed by atoms with Gasteiger partial charge in [0.25, 0.3) is 0 Å². The van der Waals surface area contributed by atoms with Gasteiger partial charge in [-0.1, -0.05) is 101 Å². The van der Waals surface area contributed by atoms with Gasteiger partial charge in [-0.2, -0.15) is 0 Å². The van der Waals surface area contributed by atoms with Crippen molar-refractivity contribution in [1.82, 2.24) is 0 Å². The van der Waals surface area contributed by atoms with E-state index in [-0.39, 0.29) is 39.1 Å². The van der Waals surface area contributed by atoms with E-state index in [9.17, 15) is 9.90 Å². The second-order valence-corrected chi connectivity index (χ2v) is 23.5. The van der Waals surface area contributed by atoms with Gasteiger partial charge in [0.15, 0.2) is 6.16 Å². The minimum atomic E-state index is -2.33. The largest absolute Gasteiger partial charge is 0.462 e. The van der Waals surface area contributed by atoms with Crippen LogP contribution in [0.15, 0.2) is 103 Å². The van der Waals surface area contributed by atoms with E-state index in [2.05, 4.69) is 139 Å². The van der Waals surface area contributed by atoms with E-state index in [4.69, 9.17) is 4.74 Å². The molecule has 0 amide bonds. The van der Waals surface area contributed by atoms with Crippen molar-refractivity contribution in [2.45, 2.75) is 112 Å². The molecule has 54 heavy (non-hydrogen) atoms. The first-order valence-corrected chi connectivity index (χ1v) is 23.2. The van der Waals surface area contributed by atoms with Crippen molar-refractivity contribution < 1.29 is 14.6 Å². The highest BCUT2D eigenvalue weighted by molar-refractivity contribution is 7.96. The Bertz CT molecular complexity index is 1740. The van der Waals surface area contributed by atoms with Gasteiger partial charge < -0.3 is 9.84 Å². The summed E-state index contributed by atoms with van der Waals surface area (Å²) in [5, 5.41) is 14.8. The number of aliphatic hydroxyl groups excluding tert-OH is 1. The number of allylic oxidation sites excluding steroid dienone is 1. The average Bonchev–Trinajstić information content (AvgIpc) is 3.56. The molecule has 5 fully saturated rings. The normalized spacial score (nSPS) is 38.3. The number of hydrogen-bond donors (Lipinski definition) is 1. The van der Waals surface area contributed by atoms with Crippen LogP contribution in [0.25, 0.3) is 0 Å². The molecule has 288 valence electrons. The fourth-order valence-corrected chi connectivity index (χ4v) is 18.7. The standard InChI is InChI=1S/C50H66O3P/c1-35(2)39-25-30-50(34-53-44(52)33-54(36-17-11-8-12-18-36,37-19-13-9-14-20-37)38-21-15-10-16-22-38)32-31-48(6)40(45(39)50)23-24-42-47(5)28-27-43(51)46(3,4)41(47)26-29-49(42,48)7/h8-22,39-43,45,51H,1,23-34H2,2-7H3/q+1/t39-,40+,41-,42+,43-,45+,47-,48+,49+,50+/m0/s1. The number of carbonyl (C=O) groups excluding carboxylic acids is 1. The molecular weight excluding hydrogens is 680 g/mol. The summed E-state index contributed by atoms with van der Waals surface area (Å²) in [5.41, 5.74) is 2.05. The molecule has 5 saturated carbocycles. The summed E-state index contributed by atoms with van der Waals surface area (Å²) in [7, 11) is -2.33. The first-order chi connectivity index (χ1) is 25.7. The number of esters is 1. The molecule has 0 aromatic heterocycles. The van der Waals surface area contributed by atoms with Crippen LogP contribution in [0.1, 0.15) is 106 Å². The maximum atomic E-state index is 14.6. The van der Waals surface area contributed by atoms with Gasteiger partial charge in [-0.05, 0) is 159 Å². The van der Waals surface area contributed by atoms with Crippen molar-refractivity contribution in [1.29, 1.82) is 0 Å². The SMILES string of the molecule is C=C(C)[C@@H]1CC[C@]2(COC(=O)C[P+](c3ccccc3)(c3ccccc3)c3ccccc3)CC[C@]3(C)[C@H](CC[C@@H]4[C@@]5(C)CC[C@H](O)C(C)(C)[C@@H]5CC[C@]43C)[C@@H]12. The molecule has 3 nitrogen and oxygen atoms in total. The lowest BCUT2D eigenvalue weighted by Gasteiger charge is -2.73. The number of fused-ring (bicyclic) bond motifs is 7. The molecule has 0 saturated heterocycles. The van der Waals surface area contributed by atoms with Crippen molar-refractivity contribution >= 4 is 29.1 Å². The van der Waals surface area contributed by atoms with E-state index < -0.39 is 7.26 Å². The van der Waals surface area contributed by atoms with Gasteiger partial charge in [-0.3, -0.25) is 0 Å². The van der Waals surface area contributed by atoms with Crippen LogP contribution in [0.5, 0.6) is 0 Å². The zero-order valence-electron chi connectivity index (χ0n) is 34.0. The van der Waals surface area contributed by atoms with E-state index in [1.165, 1.54) is 53.6 Å². The fraction of sp³-hybridized carbons (Fsp3) is 0.580. The molecule has 3 aromatic carbocycles. The molecule has 3 aromatic rings. The molecular formula is C50H66O3P+. The summed E-state index contributed by atoms with van der Waals surface area (Å²) in [6.45, 7) is 20.1. The monoisotopic (exact) mass is 745 g/mol. The summed E-state index contributed by atoms with van der Waals surface area (Å²) in [5.74, 6) is 2.76. The first-order valence-electron chi connectivity index (χ1n) is 21.3. The van der Waals surface area contributed by atoms with Crippen molar-refractivity contribution in [3.8, 4) is 0 Å². The maximum absolute atomic E-state index is 14.6. The molecule has 4 heteroatoms. The van der Waals surface area contributed by atoms with Crippen LogP contribution < -0.4 is 15.9 Å². The number of hydrogen-bond acceptors (Lipinski definition) is 3. The highest BCUT2D eigenvalue weighted by atomic mass is 31.2. The van der Waals surface area contributed by atoms with E-state index in [1.54, 1.807) is 0 Å². The Morgan fingerprint density at radius 1 is 0.704 bits per heavy atom. The quantitative estimate of drug-likeness (QED) is 0.142. The molecule has 0 heterocycles. The number of benzene rings is 3. The van der Waals surface area contributed by atoms with Crippen molar-refractivity contribution in [3.05, 3.63) is 103 Å². The van der Waals surface area contributed by atoms with Gasteiger partial charge in [-0.25, -0.2) is 4.79 Å². The first kappa shape index (κ1) is 38.1. The third kappa shape index (κ3) is 5.59. The van der Waals surface area contributed by atoms with Crippen LogP contribution in [0.3, 0.4) is 0 Å². The Balaban J connectivity index is 1.10. The summed E-state index contributed by atoms with van der Waals surface area (Å²) in [4.78, 5) is 14.6. The lowest BCUT2D eigenvalue weighted by molar-refractivity contribution is -0.249. The smallest absolute Gasteiger partial charge is 0.345 e. The summed E-state index contributed by atoms with van der Waals surface area (Å²) in [6, 6.07) is 32.2. The highest BCUT2D eigenvalue weighted by Crippen LogP contribution is 2.77. The fourth-order valence-electron chi connectivity index (χ4n) is 14.8. The van der Waals surface area contributed by atoms with Crippen molar-refractivity contribution in [2.24, 2.45) is 56.7 Å². The van der Waals surface area contributed by atoms with E-state index >= 15 is 0 Å². The Kier molecular flexibility index (Phi) is 9.70. The Hall–Kier alpha value is -2.74. The van der Waals surface area contributed by atoms with Gasteiger partial charge >= 0.3 is 5.97 Å². The lowest BCUT2D eigenvalue weighted by Crippen LogP contribution is -2.66. The predicted molar refractivity (Wildman–Crippen MR) is 226 cm³/mol. The number of rotatable bonds is 8.